The minimum Gasteiger partial charge on any atom is -0.665 e. The van der Waals surface area contributed by atoms with Crippen LogP contribution in [0.3, 0.4) is 0 Å². The zero-order valence-electron chi connectivity index (χ0n) is 8.96. The van der Waals surface area contributed by atoms with Gasteiger partial charge in [-0.15, -0.1) is 5.30 Å². The molecule has 82 valence electrons. The van der Waals surface area contributed by atoms with Crippen molar-refractivity contribution in [3.05, 3.63) is 54.6 Å². The van der Waals surface area contributed by atoms with Crippen molar-refractivity contribution in [1.29, 1.82) is 0 Å². The molecule has 0 spiro atoms. The number of para-hydroxylation sites is 2. The molecule has 2 aromatic rings. The molecule has 0 radical (unpaired) electrons. The van der Waals surface area contributed by atoms with Gasteiger partial charge in [0.15, 0.2) is 0 Å². The summed E-state index contributed by atoms with van der Waals surface area (Å²) in [6, 6.07) is 17.6. The first-order valence-corrected chi connectivity index (χ1v) is 5.77. The lowest BCUT2D eigenvalue weighted by Crippen LogP contribution is -2.01. The van der Waals surface area contributed by atoms with E-state index in [1.807, 2.05) is 54.6 Å². The summed E-state index contributed by atoms with van der Waals surface area (Å²) in [7, 11) is 2.44. The zero-order valence-corrected chi connectivity index (χ0v) is 9.85. The molecule has 0 aliphatic heterocycles. The van der Waals surface area contributed by atoms with Crippen LogP contribution in [-0.4, -0.2) is 7.11 Å². The molecule has 0 heterocycles. The van der Waals surface area contributed by atoms with Gasteiger partial charge in [0, 0.05) is 0 Å². The van der Waals surface area contributed by atoms with E-state index in [1.54, 1.807) is 7.11 Å². The lowest BCUT2D eigenvalue weighted by molar-refractivity contribution is 0.418. The molecule has 0 unspecified atom stereocenters. The highest BCUT2D eigenvalue weighted by atomic mass is 31.1. The Hall–Kier alpha value is -1.53. The summed E-state index contributed by atoms with van der Waals surface area (Å²) in [6.45, 7) is 0. The summed E-state index contributed by atoms with van der Waals surface area (Å²) in [5.41, 5.74) is 0. The van der Waals surface area contributed by atoms with E-state index >= 15 is 0 Å². The summed E-state index contributed by atoms with van der Waals surface area (Å²) in [5, 5.41) is 1.02. The molecule has 0 aliphatic rings. The second kappa shape index (κ2) is 5.53. The third-order valence-electron chi connectivity index (χ3n) is 2.08. The Balaban J connectivity index is 2.05. The van der Waals surface area contributed by atoms with Crippen LogP contribution in [-0.2, 0) is 0 Å². The molecule has 0 atom stereocenters. The topological polar surface area (TPSA) is 18.5 Å². The van der Waals surface area contributed by atoms with Gasteiger partial charge in [-0.25, -0.2) is 0 Å². The number of rotatable bonds is 4. The first-order chi connectivity index (χ1) is 7.90. The first-order valence-electron chi connectivity index (χ1n) is 4.96. The number of benzene rings is 2. The van der Waals surface area contributed by atoms with E-state index in [1.165, 1.54) is 0 Å². The van der Waals surface area contributed by atoms with Crippen molar-refractivity contribution in [3.8, 4) is 11.5 Å². The van der Waals surface area contributed by atoms with Crippen molar-refractivity contribution in [2.45, 2.75) is 0 Å². The molecule has 0 bridgehead atoms. The Morgan fingerprint density at radius 3 is 2.31 bits per heavy atom. The van der Waals surface area contributed by atoms with E-state index in [2.05, 4.69) is 0 Å². The molecular formula is C13H12O2P-. The highest BCUT2D eigenvalue weighted by Gasteiger charge is 1.91. The predicted octanol–water partition coefficient (Wildman–Crippen LogP) is 3.26. The maximum absolute atomic E-state index is 5.63. The Morgan fingerprint density at radius 1 is 0.875 bits per heavy atom. The van der Waals surface area contributed by atoms with E-state index in [0.717, 1.165) is 25.6 Å². The molecule has 2 rings (SSSR count). The largest absolute Gasteiger partial charge is 0.665 e. The molecule has 2 nitrogen and oxygen atoms in total. The summed E-state index contributed by atoms with van der Waals surface area (Å²) in [4.78, 5) is 0. The molecule has 2 aromatic carbocycles. The van der Waals surface area contributed by atoms with Gasteiger partial charge in [-0.2, -0.15) is 0 Å². The van der Waals surface area contributed by atoms with Crippen molar-refractivity contribution in [2.75, 3.05) is 7.11 Å². The average molecular weight is 231 g/mol. The summed E-state index contributed by atoms with van der Waals surface area (Å²) in [5.74, 6) is 1.70. The summed E-state index contributed by atoms with van der Waals surface area (Å²) >= 11 is 0. The van der Waals surface area contributed by atoms with Crippen LogP contribution in [0.5, 0.6) is 11.5 Å². The van der Waals surface area contributed by atoms with Crippen molar-refractivity contribution < 1.29 is 9.26 Å². The van der Waals surface area contributed by atoms with Crippen LogP contribution in [0, 0.1) is 0 Å². The number of ether oxygens (including phenoxy) is 1. The SMILES string of the molecule is COc1ccccc1[P-]Oc1ccccc1. The maximum Gasteiger partial charge on any atom is 0.0942 e. The van der Waals surface area contributed by atoms with E-state index in [4.69, 9.17) is 9.26 Å². The quantitative estimate of drug-likeness (QED) is 0.752. The van der Waals surface area contributed by atoms with Gasteiger partial charge < -0.3 is 9.26 Å². The normalized spacial score (nSPS) is 10.6. The Labute approximate surface area is 97.1 Å². The fraction of sp³-hybridized carbons (Fsp3) is 0.0769. The second-order valence-corrected chi connectivity index (χ2v) is 4.01. The van der Waals surface area contributed by atoms with Gasteiger partial charge in [0.05, 0.1) is 18.6 Å². The van der Waals surface area contributed by atoms with Gasteiger partial charge in [0.1, 0.15) is 0 Å². The highest BCUT2D eigenvalue weighted by molar-refractivity contribution is 7.42. The van der Waals surface area contributed by atoms with Crippen molar-refractivity contribution in [1.82, 2.24) is 0 Å². The van der Waals surface area contributed by atoms with Crippen LogP contribution in [0.15, 0.2) is 54.6 Å². The van der Waals surface area contributed by atoms with Crippen LogP contribution >= 0.6 is 8.81 Å². The summed E-state index contributed by atoms with van der Waals surface area (Å²) in [6.07, 6.45) is 0. The summed E-state index contributed by atoms with van der Waals surface area (Å²) < 4.78 is 10.9. The molecule has 0 amide bonds. The molecule has 0 N–H and O–H groups in total. The Kier molecular flexibility index (Phi) is 3.79. The van der Waals surface area contributed by atoms with E-state index < -0.39 is 0 Å². The van der Waals surface area contributed by atoms with Gasteiger partial charge in [-0.3, -0.25) is 8.81 Å². The van der Waals surface area contributed by atoms with Gasteiger partial charge in [-0.1, -0.05) is 36.4 Å². The first kappa shape index (κ1) is 11.0. The predicted molar refractivity (Wildman–Crippen MR) is 66.6 cm³/mol. The van der Waals surface area contributed by atoms with Crippen LogP contribution in [0.4, 0.5) is 0 Å². The third-order valence-corrected chi connectivity index (χ3v) is 2.95. The van der Waals surface area contributed by atoms with E-state index in [0.29, 0.717) is 0 Å². The smallest absolute Gasteiger partial charge is 0.0942 e. The molecule has 0 aromatic heterocycles. The molecule has 16 heavy (non-hydrogen) atoms. The maximum atomic E-state index is 5.63. The fourth-order valence-corrected chi connectivity index (χ4v) is 2.02. The van der Waals surface area contributed by atoms with Gasteiger partial charge >= 0.3 is 0 Å². The van der Waals surface area contributed by atoms with Crippen molar-refractivity contribution in [2.24, 2.45) is 0 Å². The molecule has 0 saturated heterocycles. The number of hydrogen-bond donors (Lipinski definition) is 0. The fourth-order valence-electron chi connectivity index (χ4n) is 1.29. The monoisotopic (exact) mass is 231 g/mol. The van der Waals surface area contributed by atoms with Gasteiger partial charge in [-0.05, 0) is 18.2 Å². The molecule has 0 fully saturated rings. The van der Waals surface area contributed by atoms with Gasteiger partial charge in [0.2, 0.25) is 0 Å². The molecule has 3 heteroatoms. The molecule has 0 aliphatic carbocycles. The van der Waals surface area contributed by atoms with Crippen LogP contribution < -0.4 is 14.6 Å². The lowest BCUT2D eigenvalue weighted by atomic mass is 10.3. The van der Waals surface area contributed by atoms with Crippen molar-refractivity contribution >= 4 is 14.1 Å². The van der Waals surface area contributed by atoms with Crippen LogP contribution in [0.2, 0.25) is 0 Å². The second-order valence-electron chi connectivity index (χ2n) is 3.17. The van der Waals surface area contributed by atoms with Gasteiger partial charge in [0.25, 0.3) is 0 Å². The molecule has 0 saturated carbocycles. The van der Waals surface area contributed by atoms with Crippen LogP contribution in [0.1, 0.15) is 0 Å². The number of hydrogen-bond acceptors (Lipinski definition) is 2. The average Bonchev–Trinajstić information content (AvgIpc) is 2.38. The number of methoxy groups -OCH3 is 1. The minimum absolute atomic E-state index is 0.781. The van der Waals surface area contributed by atoms with E-state index in [-0.39, 0.29) is 0 Å². The Bertz CT molecular complexity index is 443. The highest BCUT2D eigenvalue weighted by Crippen LogP contribution is 2.23. The third kappa shape index (κ3) is 2.74. The Morgan fingerprint density at radius 2 is 1.56 bits per heavy atom. The zero-order chi connectivity index (χ0) is 11.2. The standard InChI is InChI=1S/C13H12O2P/c1-14-12-9-5-6-10-13(12)16-15-11-7-3-2-4-8-11/h2-10H,1H3/q-1. The van der Waals surface area contributed by atoms with E-state index in [9.17, 15) is 0 Å². The van der Waals surface area contributed by atoms with Crippen LogP contribution in [0.25, 0.3) is 0 Å². The molecular weight excluding hydrogens is 219 g/mol. The minimum atomic E-state index is 0.781. The lowest BCUT2D eigenvalue weighted by Gasteiger charge is -2.23. The van der Waals surface area contributed by atoms with Crippen molar-refractivity contribution in [3.63, 3.8) is 0 Å².